The van der Waals surface area contributed by atoms with Crippen LogP contribution in [0.25, 0.3) is 0 Å². The monoisotopic (exact) mass is 160 g/mol. The summed E-state index contributed by atoms with van der Waals surface area (Å²) < 4.78 is 0. The first-order valence-corrected chi connectivity index (χ1v) is 4.56. The maximum atomic E-state index is 9.67. The molecular formula is C11H12O. The molecule has 4 rings (SSSR count). The van der Waals surface area contributed by atoms with Crippen LogP contribution in [-0.2, 0) is 5.41 Å². The van der Waals surface area contributed by atoms with E-state index in [1.807, 2.05) is 6.07 Å². The topological polar surface area (TPSA) is 20.2 Å². The normalized spacial score (nSPS) is 43.1. The van der Waals surface area contributed by atoms with Gasteiger partial charge in [0.05, 0.1) is 6.10 Å². The van der Waals surface area contributed by atoms with Gasteiger partial charge in [-0.2, -0.15) is 0 Å². The Kier molecular flexibility index (Phi) is 1.06. The zero-order valence-corrected chi connectivity index (χ0v) is 6.90. The smallest absolute Gasteiger partial charge is 0.0665 e. The molecule has 0 spiro atoms. The maximum Gasteiger partial charge on any atom is 0.0665 e. The predicted molar refractivity (Wildman–Crippen MR) is 46.9 cm³/mol. The third-order valence-electron chi connectivity index (χ3n) is 3.61. The average Bonchev–Trinajstić information content (AvgIpc) is 2.04. The summed E-state index contributed by atoms with van der Waals surface area (Å²) in [6.07, 6.45) is 2.37. The van der Waals surface area contributed by atoms with Gasteiger partial charge in [0, 0.05) is 5.41 Å². The minimum Gasteiger partial charge on any atom is -0.392 e. The highest BCUT2D eigenvalue weighted by Crippen LogP contribution is 2.64. The van der Waals surface area contributed by atoms with Gasteiger partial charge >= 0.3 is 0 Å². The van der Waals surface area contributed by atoms with Crippen molar-refractivity contribution in [1.82, 2.24) is 0 Å². The second-order valence-corrected chi connectivity index (χ2v) is 4.14. The molecule has 0 saturated heterocycles. The molecule has 0 aliphatic heterocycles. The van der Waals surface area contributed by atoms with Crippen molar-refractivity contribution >= 4 is 0 Å². The van der Waals surface area contributed by atoms with Crippen LogP contribution in [0.1, 0.15) is 18.4 Å². The molecule has 1 nitrogen and oxygen atoms in total. The van der Waals surface area contributed by atoms with E-state index in [-0.39, 0.29) is 11.5 Å². The molecule has 1 unspecified atom stereocenters. The molecule has 1 aromatic carbocycles. The highest BCUT2D eigenvalue weighted by Gasteiger charge is 2.65. The van der Waals surface area contributed by atoms with E-state index in [2.05, 4.69) is 24.3 Å². The average molecular weight is 160 g/mol. The Hall–Kier alpha value is -0.820. The van der Waals surface area contributed by atoms with E-state index in [0.717, 1.165) is 0 Å². The molecule has 2 bridgehead atoms. The summed E-state index contributed by atoms with van der Waals surface area (Å²) in [5.74, 6) is 0.616. The molecule has 0 heterocycles. The molecule has 1 heteroatoms. The van der Waals surface area contributed by atoms with Crippen molar-refractivity contribution in [3.05, 3.63) is 35.9 Å². The van der Waals surface area contributed by atoms with Gasteiger partial charge in [-0.15, -0.1) is 0 Å². The quantitative estimate of drug-likeness (QED) is 0.663. The lowest BCUT2D eigenvalue weighted by Crippen LogP contribution is -2.68. The van der Waals surface area contributed by atoms with E-state index in [1.54, 1.807) is 0 Å². The molecule has 62 valence electrons. The van der Waals surface area contributed by atoms with Crippen LogP contribution in [0.5, 0.6) is 0 Å². The van der Waals surface area contributed by atoms with Crippen molar-refractivity contribution in [3.63, 3.8) is 0 Å². The first-order chi connectivity index (χ1) is 5.83. The van der Waals surface area contributed by atoms with Crippen LogP contribution in [0.15, 0.2) is 30.3 Å². The summed E-state index contributed by atoms with van der Waals surface area (Å²) >= 11 is 0. The molecule has 1 aromatic rings. The Balaban J connectivity index is 2.00. The van der Waals surface area contributed by atoms with Crippen LogP contribution in [-0.4, -0.2) is 11.2 Å². The van der Waals surface area contributed by atoms with Crippen LogP contribution in [0.3, 0.4) is 0 Å². The molecule has 3 aliphatic rings. The number of hydrogen-bond donors (Lipinski definition) is 1. The number of aliphatic hydroxyl groups excluding tert-OH is 1. The first kappa shape index (κ1) is 6.67. The highest BCUT2D eigenvalue weighted by molar-refractivity contribution is 5.38. The van der Waals surface area contributed by atoms with Crippen molar-refractivity contribution < 1.29 is 5.11 Å². The SMILES string of the molecule is OC1C2CC1(c1ccccc1)C2. The van der Waals surface area contributed by atoms with Gasteiger partial charge in [0.25, 0.3) is 0 Å². The molecule has 1 atom stereocenters. The number of rotatable bonds is 1. The number of hydrogen-bond acceptors (Lipinski definition) is 1. The lowest BCUT2D eigenvalue weighted by molar-refractivity contribution is -0.181. The fraction of sp³-hybridized carbons (Fsp3) is 0.455. The van der Waals surface area contributed by atoms with Gasteiger partial charge in [0.2, 0.25) is 0 Å². The van der Waals surface area contributed by atoms with Gasteiger partial charge < -0.3 is 5.11 Å². The standard InChI is InChI=1S/C11H12O/c12-10-8-6-11(10,7-8)9-4-2-1-3-5-9/h1-5,8,10,12H,6-7H2. The predicted octanol–water partition coefficient (Wildman–Crippen LogP) is 1.71. The number of aliphatic hydroxyl groups is 1. The summed E-state index contributed by atoms with van der Waals surface area (Å²) in [6, 6.07) is 10.4. The third kappa shape index (κ3) is 0.558. The van der Waals surface area contributed by atoms with Gasteiger partial charge in [-0.1, -0.05) is 30.3 Å². The molecule has 0 aromatic heterocycles. The Morgan fingerprint density at radius 3 is 2.25 bits per heavy atom. The van der Waals surface area contributed by atoms with Crippen molar-refractivity contribution in [2.24, 2.45) is 5.92 Å². The van der Waals surface area contributed by atoms with Crippen LogP contribution in [0.2, 0.25) is 0 Å². The second kappa shape index (κ2) is 1.91. The van der Waals surface area contributed by atoms with Crippen LogP contribution in [0, 0.1) is 5.92 Å². The van der Waals surface area contributed by atoms with Crippen LogP contribution in [0.4, 0.5) is 0 Å². The van der Waals surface area contributed by atoms with E-state index < -0.39 is 0 Å². The summed E-state index contributed by atoms with van der Waals surface area (Å²) in [5, 5.41) is 9.67. The summed E-state index contributed by atoms with van der Waals surface area (Å²) in [4.78, 5) is 0. The third-order valence-corrected chi connectivity index (χ3v) is 3.61. The van der Waals surface area contributed by atoms with E-state index in [1.165, 1.54) is 18.4 Å². The Labute approximate surface area is 72.0 Å². The summed E-state index contributed by atoms with van der Waals surface area (Å²) in [7, 11) is 0. The molecule has 3 aliphatic carbocycles. The zero-order valence-electron chi connectivity index (χ0n) is 6.90. The fourth-order valence-corrected chi connectivity index (χ4v) is 2.65. The largest absolute Gasteiger partial charge is 0.392 e. The van der Waals surface area contributed by atoms with E-state index in [9.17, 15) is 5.11 Å². The van der Waals surface area contributed by atoms with Crippen molar-refractivity contribution in [2.75, 3.05) is 0 Å². The first-order valence-electron chi connectivity index (χ1n) is 4.56. The van der Waals surface area contributed by atoms with Crippen molar-refractivity contribution in [1.29, 1.82) is 0 Å². The number of benzene rings is 1. The van der Waals surface area contributed by atoms with Gasteiger partial charge in [0.15, 0.2) is 0 Å². The van der Waals surface area contributed by atoms with Gasteiger partial charge in [-0.3, -0.25) is 0 Å². The molecule has 0 amide bonds. The van der Waals surface area contributed by atoms with E-state index in [4.69, 9.17) is 0 Å². The summed E-state index contributed by atoms with van der Waals surface area (Å²) in [5.41, 5.74) is 1.51. The minimum atomic E-state index is -0.0418. The van der Waals surface area contributed by atoms with Crippen molar-refractivity contribution in [2.45, 2.75) is 24.4 Å². The molecule has 0 radical (unpaired) electrons. The highest BCUT2D eigenvalue weighted by atomic mass is 16.3. The molecular weight excluding hydrogens is 148 g/mol. The molecule has 1 N–H and O–H groups in total. The molecule has 3 saturated carbocycles. The minimum absolute atomic E-state index is 0.0418. The Bertz CT molecular complexity index is 298. The van der Waals surface area contributed by atoms with Crippen molar-refractivity contribution in [3.8, 4) is 0 Å². The molecule has 3 fully saturated rings. The van der Waals surface area contributed by atoms with Gasteiger partial charge in [-0.25, -0.2) is 0 Å². The molecule has 12 heavy (non-hydrogen) atoms. The van der Waals surface area contributed by atoms with Crippen LogP contribution >= 0.6 is 0 Å². The lowest BCUT2D eigenvalue weighted by Gasteiger charge is -2.66. The second-order valence-electron chi connectivity index (χ2n) is 4.14. The van der Waals surface area contributed by atoms with Crippen LogP contribution < -0.4 is 0 Å². The lowest BCUT2D eigenvalue weighted by atomic mass is 9.40. The Morgan fingerprint density at radius 1 is 1.17 bits per heavy atom. The summed E-state index contributed by atoms with van der Waals surface area (Å²) in [6.45, 7) is 0. The zero-order chi connectivity index (χ0) is 8.18. The Morgan fingerprint density at radius 2 is 1.83 bits per heavy atom. The fourth-order valence-electron chi connectivity index (χ4n) is 2.65. The van der Waals surface area contributed by atoms with Gasteiger partial charge in [0.1, 0.15) is 0 Å². The maximum absolute atomic E-state index is 9.67. The van der Waals surface area contributed by atoms with Gasteiger partial charge in [-0.05, 0) is 24.3 Å². The van der Waals surface area contributed by atoms with E-state index in [0.29, 0.717) is 5.92 Å². The van der Waals surface area contributed by atoms with E-state index >= 15 is 0 Å².